The number of ether oxygens (including phenoxy) is 2. The lowest BCUT2D eigenvalue weighted by Crippen LogP contribution is -2.20. The molecule has 0 aromatic rings. The summed E-state index contributed by atoms with van der Waals surface area (Å²) < 4.78 is 11.6. The van der Waals surface area contributed by atoms with Gasteiger partial charge in [-0.1, -0.05) is 60.8 Å². The van der Waals surface area contributed by atoms with Crippen molar-refractivity contribution >= 4 is 15.9 Å². The topological polar surface area (TPSA) is 18.5 Å². The van der Waals surface area contributed by atoms with Crippen molar-refractivity contribution in [1.29, 1.82) is 0 Å². The Kier molecular flexibility index (Phi) is 10.9. The summed E-state index contributed by atoms with van der Waals surface area (Å²) in [5.41, 5.74) is 0. The highest BCUT2D eigenvalue weighted by Gasteiger charge is 2.11. The van der Waals surface area contributed by atoms with Gasteiger partial charge >= 0.3 is 0 Å². The number of hydrogen-bond acceptors (Lipinski definition) is 2. The van der Waals surface area contributed by atoms with Crippen molar-refractivity contribution in [1.82, 2.24) is 0 Å². The monoisotopic (exact) mass is 304 g/mol. The Morgan fingerprint density at radius 1 is 1.24 bits per heavy atom. The van der Waals surface area contributed by atoms with E-state index in [1.807, 2.05) is 0 Å². The molecule has 0 N–H and O–H groups in total. The first-order valence-corrected chi connectivity index (χ1v) is 7.03. The predicted molar refractivity (Wildman–Crippen MR) is 77.3 cm³/mol. The van der Waals surface area contributed by atoms with Gasteiger partial charge < -0.3 is 9.47 Å². The molecular formula is C14H25BrO2. The second kappa shape index (κ2) is 11.0. The molecule has 0 saturated carbocycles. The molecule has 100 valence electrons. The molecule has 0 fully saturated rings. The SMILES string of the molecule is CCCCCC(Br)=CC=CC(C)C(OC)OC. The zero-order valence-corrected chi connectivity index (χ0v) is 13.0. The Labute approximate surface area is 114 Å². The number of halogens is 1. The summed E-state index contributed by atoms with van der Waals surface area (Å²) in [5, 5.41) is 0. The lowest BCUT2D eigenvalue weighted by Gasteiger charge is -2.17. The summed E-state index contributed by atoms with van der Waals surface area (Å²) in [7, 11) is 3.32. The minimum absolute atomic E-state index is 0.168. The van der Waals surface area contributed by atoms with E-state index in [1.54, 1.807) is 14.2 Å². The molecule has 3 heteroatoms. The molecule has 0 radical (unpaired) electrons. The third-order valence-corrected chi connectivity index (χ3v) is 3.27. The number of rotatable bonds is 9. The van der Waals surface area contributed by atoms with E-state index < -0.39 is 0 Å². The highest BCUT2D eigenvalue weighted by molar-refractivity contribution is 9.11. The average molecular weight is 305 g/mol. The summed E-state index contributed by atoms with van der Waals surface area (Å²) >= 11 is 3.58. The van der Waals surface area contributed by atoms with Gasteiger partial charge in [0.2, 0.25) is 0 Å². The van der Waals surface area contributed by atoms with Crippen LogP contribution in [0.5, 0.6) is 0 Å². The number of hydrogen-bond donors (Lipinski definition) is 0. The Balaban J connectivity index is 4.01. The third-order valence-electron chi connectivity index (χ3n) is 2.60. The first-order valence-electron chi connectivity index (χ1n) is 6.24. The van der Waals surface area contributed by atoms with Crippen LogP contribution in [0.25, 0.3) is 0 Å². The quantitative estimate of drug-likeness (QED) is 0.350. The van der Waals surface area contributed by atoms with Crippen LogP contribution in [0.3, 0.4) is 0 Å². The molecular weight excluding hydrogens is 280 g/mol. The Morgan fingerprint density at radius 3 is 2.41 bits per heavy atom. The molecule has 0 saturated heterocycles. The fourth-order valence-corrected chi connectivity index (χ4v) is 2.01. The normalized spacial score (nSPS) is 14.8. The second-order valence-corrected chi connectivity index (χ2v) is 5.17. The molecule has 1 unspecified atom stereocenters. The Hall–Kier alpha value is -0.120. The largest absolute Gasteiger partial charge is 0.355 e. The van der Waals surface area contributed by atoms with Gasteiger partial charge in [0.25, 0.3) is 0 Å². The Bertz CT molecular complexity index is 232. The van der Waals surface area contributed by atoms with Crippen LogP contribution in [0.2, 0.25) is 0 Å². The van der Waals surface area contributed by atoms with Gasteiger partial charge in [0, 0.05) is 20.1 Å². The van der Waals surface area contributed by atoms with Crippen LogP contribution in [-0.2, 0) is 9.47 Å². The minimum Gasteiger partial charge on any atom is -0.355 e. The first-order chi connectivity index (χ1) is 8.15. The van der Waals surface area contributed by atoms with Crippen molar-refractivity contribution in [2.45, 2.75) is 45.8 Å². The van der Waals surface area contributed by atoms with Crippen LogP contribution in [0.1, 0.15) is 39.5 Å². The molecule has 0 bridgehead atoms. The molecule has 1 atom stereocenters. The van der Waals surface area contributed by atoms with Gasteiger partial charge in [0.1, 0.15) is 0 Å². The highest BCUT2D eigenvalue weighted by Crippen LogP contribution is 2.16. The minimum atomic E-state index is -0.168. The summed E-state index contributed by atoms with van der Waals surface area (Å²) in [6, 6.07) is 0. The lowest BCUT2D eigenvalue weighted by molar-refractivity contribution is -0.122. The molecule has 0 aliphatic heterocycles. The Morgan fingerprint density at radius 2 is 1.88 bits per heavy atom. The van der Waals surface area contributed by atoms with Crippen molar-refractivity contribution in [2.75, 3.05) is 14.2 Å². The molecule has 0 spiro atoms. The number of methoxy groups -OCH3 is 2. The van der Waals surface area contributed by atoms with Crippen molar-refractivity contribution in [3.63, 3.8) is 0 Å². The zero-order valence-electron chi connectivity index (χ0n) is 11.4. The van der Waals surface area contributed by atoms with E-state index in [-0.39, 0.29) is 12.2 Å². The summed E-state index contributed by atoms with van der Waals surface area (Å²) in [6.07, 6.45) is 11.0. The maximum Gasteiger partial charge on any atom is 0.162 e. The van der Waals surface area contributed by atoms with Gasteiger partial charge in [0.15, 0.2) is 6.29 Å². The van der Waals surface area contributed by atoms with Crippen LogP contribution in [0, 0.1) is 5.92 Å². The van der Waals surface area contributed by atoms with E-state index in [9.17, 15) is 0 Å². The van der Waals surface area contributed by atoms with Gasteiger partial charge in [-0.3, -0.25) is 0 Å². The number of unbranched alkanes of at least 4 members (excludes halogenated alkanes) is 2. The van der Waals surface area contributed by atoms with Gasteiger partial charge in [-0.2, -0.15) is 0 Å². The molecule has 0 heterocycles. The van der Waals surface area contributed by atoms with Gasteiger partial charge in [-0.05, 0) is 17.3 Å². The van der Waals surface area contributed by atoms with Crippen molar-refractivity contribution in [3.8, 4) is 0 Å². The molecule has 0 aromatic carbocycles. The van der Waals surface area contributed by atoms with Crippen LogP contribution in [0.4, 0.5) is 0 Å². The van der Waals surface area contributed by atoms with E-state index in [1.165, 1.54) is 23.7 Å². The summed E-state index contributed by atoms with van der Waals surface area (Å²) in [6.45, 7) is 4.29. The predicted octanol–water partition coefficient (Wildman–Crippen LogP) is 4.66. The van der Waals surface area contributed by atoms with Crippen molar-refractivity contribution < 1.29 is 9.47 Å². The van der Waals surface area contributed by atoms with Gasteiger partial charge in [0.05, 0.1) is 0 Å². The average Bonchev–Trinajstić information content (AvgIpc) is 2.31. The van der Waals surface area contributed by atoms with Crippen molar-refractivity contribution in [3.05, 3.63) is 22.7 Å². The molecule has 0 aliphatic rings. The van der Waals surface area contributed by atoms with E-state index in [0.29, 0.717) is 0 Å². The number of allylic oxidation sites excluding steroid dienone is 3. The molecule has 0 aliphatic carbocycles. The standard InChI is InChI=1S/C14H25BrO2/c1-5-6-7-10-13(15)11-8-9-12(2)14(16-3)17-4/h8-9,11-12,14H,5-7,10H2,1-4H3. The van der Waals surface area contributed by atoms with Crippen LogP contribution in [-0.4, -0.2) is 20.5 Å². The summed E-state index contributed by atoms with van der Waals surface area (Å²) in [4.78, 5) is 0. The molecule has 2 nitrogen and oxygen atoms in total. The maximum absolute atomic E-state index is 5.19. The second-order valence-electron chi connectivity index (χ2n) is 4.15. The third kappa shape index (κ3) is 8.58. The maximum atomic E-state index is 5.19. The van der Waals surface area contributed by atoms with Gasteiger partial charge in [-0.25, -0.2) is 0 Å². The van der Waals surface area contributed by atoms with E-state index in [4.69, 9.17) is 9.47 Å². The lowest BCUT2D eigenvalue weighted by atomic mass is 10.1. The molecule has 0 aromatic heterocycles. The van der Waals surface area contributed by atoms with Crippen LogP contribution < -0.4 is 0 Å². The fourth-order valence-electron chi connectivity index (χ4n) is 1.58. The van der Waals surface area contributed by atoms with Crippen molar-refractivity contribution in [2.24, 2.45) is 5.92 Å². The van der Waals surface area contributed by atoms with Gasteiger partial charge in [-0.15, -0.1) is 0 Å². The van der Waals surface area contributed by atoms with Crippen LogP contribution in [0.15, 0.2) is 22.7 Å². The zero-order chi connectivity index (χ0) is 13.1. The fraction of sp³-hybridized carbons (Fsp3) is 0.714. The molecule has 17 heavy (non-hydrogen) atoms. The smallest absolute Gasteiger partial charge is 0.162 e. The summed E-state index contributed by atoms with van der Waals surface area (Å²) in [5.74, 6) is 0.247. The molecule has 0 rings (SSSR count). The first kappa shape index (κ1) is 16.9. The molecule has 0 amide bonds. The van der Waals surface area contributed by atoms with E-state index in [2.05, 4.69) is 48.0 Å². The van der Waals surface area contributed by atoms with E-state index >= 15 is 0 Å². The highest BCUT2D eigenvalue weighted by atomic mass is 79.9. The van der Waals surface area contributed by atoms with E-state index in [0.717, 1.165) is 6.42 Å². The van der Waals surface area contributed by atoms with Crippen LogP contribution >= 0.6 is 15.9 Å².